The van der Waals surface area contributed by atoms with E-state index in [1.165, 1.54) is 17.6 Å². The van der Waals surface area contributed by atoms with Crippen molar-refractivity contribution >= 4 is 23.2 Å². The molecule has 2 amide bonds. The Morgan fingerprint density at radius 1 is 1.24 bits per heavy atom. The van der Waals surface area contributed by atoms with E-state index >= 15 is 0 Å². The van der Waals surface area contributed by atoms with E-state index in [0.29, 0.717) is 49.6 Å². The van der Waals surface area contributed by atoms with E-state index in [4.69, 9.17) is 9.15 Å². The second-order valence-electron chi connectivity index (χ2n) is 6.81. The molecule has 3 aromatic rings. The number of nitrogens with one attached hydrogen (secondary N) is 1. The summed E-state index contributed by atoms with van der Waals surface area (Å²) in [6.07, 6.45) is 2.91. The third kappa shape index (κ3) is 4.83. The third-order valence-electron chi connectivity index (χ3n) is 4.82. The number of rotatable bonds is 6. The first-order valence-corrected chi connectivity index (χ1v) is 10.4. The van der Waals surface area contributed by atoms with Crippen molar-refractivity contribution in [3.8, 4) is 5.75 Å². The van der Waals surface area contributed by atoms with Crippen LogP contribution < -0.4 is 10.1 Å². The molecule has 0 radical (unpaired) electrons. The van der Waals surface area contributed by atoms with Gasteiger partial charge in [0.15, 0.2) is 5.76 Å². The fraction of sp³-hybridized carbons (Fsp3) is 0.286. The van der Waals surface area contributed by atoms with Gasteiger partial charge in [0, 0.05) is 30.1 Å². The van der Waals surface area contributed by atoms with Gasteiger partial charge >= 0.3 is 0 Å². The lowest BCUT2D eigenvalue weighted by Crippen LogP contribution is -2.46. The highest BCUT2D eigenvalue weighted by molar-refractivity contribution is 7.07. The molecule has 0 unspecified atom stereocenters. The number of thiazole rings is 1. The summed E-state index contributed by atoms with van der Waals surface area (Å²) in [6.45, 7) is 1.54. The van der Waals surface area contributed by atoms with Gasteiger partial charge in [-0.15, -0.1) is 11.3 Å². The van der Waals surface area contributed by atoms with Crippen LogP contribution in [0.1, 0.15) is 39.4 Å². The summed E-state index contributed by atoms with van der Waals surface area (Å²) in [5.41, 5.74) is 3.17. The topological polar surface area (TPSA) is 84.7 Å². The molecule has 1 aliphatic heterocycles. The first kappa shape index (κ1) is 19.2. The van der Waals surface area contributed by atoms with Crippen LogP contribution in [0.2, 0.25) is 0 Å². The van der Waals surface area contributed by atoms with E-state index in [2.05, 4.69) is 10.3 Å². The van der Waals surface area contributed by atoms with Crippen LogP contribution in [-0.2, 0) is 6.61 Å². The Hall–Kier alpha value is -3.13. The Balaban J connectivity index is 1.28. The SMILES string of the molecule is O=C(NC1CCN(C(=O)c2ccco2)CC1)c1cccc(OCc2cscn2)c1. The van der Waals surface area contributed by atoms with Gasteiger partial charge < -0.3 is 19.4 Å². The number of hydrogen-bond acceptors (Lipinski definition) is 6. The summed E-state index contributed by atoms with van der Waals surface area (Å²) in [4.78, 5) is 30.9. The van der Waals surface area contributed by atoms with Crippen molar-refractivity contribution in [2.45, 2.75) is 25.5 Å². The largest absolute Gasteiger partial charge is 0.487 e. The van der Waals surface area contributed by atoms with E-state index in [1.54, 1.807) is 40.7 Å². The predicted molar refractivity (Wildman–Crippen MR) is 108 cm³/mol. The Morgan fingerprint density at radius 3 is 2.83 bits per heavy atom. The van der Waals surface area contributed by atoms with Crippen molar-refractivity contribution in [3.63, 3.8) is 0 Å². The van der Waals surface area contributed by atoms with Gasteiger partial charge in [-0.05, 0) is 43.2 Å². The molecule has 1 aromatic carbocycles. The summed E-state index contributed by atoms with van der Waals surface area (Å²) < 4.78 is 10.9. The third-order valence-corrected chi connectivity index (χ3v) is 5.45. The molecule has 0 saturated carbocycles. The number of furan rings is 1. The summed E-state index contributed by atoms with van der Waals surface area (Å²) in [7, 11) is 0. The highest BCUT2D eigenvalue weighted by Gasteiger charge is 2.26. The molecule has 29 heavy (non-hydrogen) atoms. The highest BCUT2D eigenvalue weighted by atomic mass is 32.1. The number of carbonyl (C=O) groups excluding carboxylic acids is 2. The van der Waals surface area contributed by atoms with Crippen LogP contribution in [0.25, 0.3) is 0 Å². The molecule has 0 spiro atoms. The highest BCUT2D eigenvalue weighted by Crippen LogP contribution is 2.18. The normalized spacial score (nSPS) is 14.6. The van der Waals surface area contributed by atoms with Gasteiger partial charge in [0.1, 0.15) is 12.4 Å². The number of amides is 2. The molecule has 0 atom stereocenters. The molecule has 8 heteroatoms. The van der Waals surface area contributed by atoms with Gasteiger partial charge in [-0.3, -0.25) is 9.59 Å². The van der Waals surface area contributed by atoms with Crippen molar-refractivity contribution in [2.24, 2.45) is 0 Å². The van der Waals surface area contributed by atoms with E-state index in [9.17, 15) is 9.59 Å². The standard InChI is InChI=1S/C21H21N3O4S/c25-20(15-3-1-4-18(11-15)28-12-17-13-29-14-22-17)23-16-6-8-24(9-7-16)21(26)19-5-2-10-27-19/h1-5,10-11,13-14,16H,6-9,12H2,(H,23,25). The fourth-order valence-corrected chi connectivity index (χ4v) is 3.79. The molecule has 3 heterocycles. The number of aromatic nitrogens is 1. The molecule has 1 fully saturated rings. The van der Waals surface area contributed by atoms with Gasteiger partial charge in [0.2, 0.25) is 0 Å². The summed E-state index contributed by atoms with van der Waals surface area (Å²) in [6, 6.07) is 10.5. The Labute approximate surface area is 172 Å². The zero-order chi connectivity index (χ0) is 20.1. The van der Waals surface area contributed by atoms with Crippen LogP contribution in [0.4, 0.5) is 0 Å². The zero-order valence-corrected chi connectivity index (χ0v) is 16.6. The maximum Gasteiger partial charge on any atom is 0.289 e. The number of nitrogens with zero attached hydrogens (tertiary/aromatic N) is 2. The van der Waals surface area contributed by atoms with E-state index in [0.717, 1.165) is 5.69 Å². The minimum atomic E-state index is -0.139. The van der Waals surface area contributed by atoms with Crippen molar-refractivity contribution in [1.29, 1.82) is 0 Å². The molecule has 1 aliphatic rings. The second-order valence-corrected chi connectivity index (χ2v) is 7.53. The number of benzene rings is 1. The van der Waals surface area contributed by atoms with Gasteiger partial charge in [-0.25, -0.2) is 4.98 Å². The first-order chi connectivity index (χ1) is 14.2. The molecule has 4 rings (SSSR count). The average Bonchev–Trinajstić information content (AvgIpc) is 3.47. The molecule has 0 bridgehead atoms. The van der Waals surface area contributed by atoms with Gasteiger partial charge in [0.25, 0.3) is 11.8 Å². The summed E-state index contributed by atoms with van der Waals surface area (Å²) in [5.74, 6) is 0.733. The lowest BCUT2D eigenvalue weighted by Gasteiger charge is -2.31. The molecule has 0 aliphatic carbocycles. The minimum absolute atomic E-state index is 0.0303. The fourth-order valence-electron chi connectivity index (χ4n) is 3.24. The van der Waals surface area contributed by atoms with Crippen LogP contribution in [0.3, 0.4) is 0 Å². The number of hydrogen-bond donors (Lipinski definition) is 1. The van der Waals surface area contributed by atoms with E-state index < -0.39 is 0 Å². The van der Waals surface area contributed by atoms with Crippen LogP contribution in [0.15, 0.2) is 58.0 Å². The lowest BCUT2D eigenvalue weighted by molar-refractivity contribution is 0.0667. The van der Waals surface area contributed by atoms with E-state index in [1.807, 2.05) is 11.4 Å². The van der Waals surface area contributed by atoms with Gasteiger partial charge in [-0.2, -0.15) is 0 Å². The number of piperidine rings is 1. The number of ether oxygens (including phenoxy) is 1. The molecule has 1 N–H and O–H groups in total. The first-order valence-electron chi connectivity index (χ1n) is 9.42. The Kier molecular flexibility index (Phi) is 5.90. The molecule has 7 nitrogen and oxygen atoms in total. The van der Waals surface area contributed by atoms with Gasteiger partial charge in [0.05, 0.1) is 17.5 Å². The average molecular weight is 411 g/mol. The molecular formula is C21H21N3O4S. The molecule has 2 aromatic heterocycles. The van der Waals surface area contributed by atoms with Crippen LogP contribution in [0, 0.1) is 0 Å². The van der Waals surface area contributed by atoms with Crippen LogP contribution in [0.5, 0.6) is 5.75 Å². The molecular weight excluding hydrogens is 390 g/mol. The smallest absolute Gasteiger partial charge is 0.289 e. The van der Waals surface area contributed by atoms with Crippen LogP contribution in [-0.4, -0.2) is 40.8 Å². The second kappa shape index (κ2) is 8.91. The number of carbonyl (C=O) groups is 2. The van der Waals surface area contributed by atoms with E-state index in [-0.39, 0.29) is 17.9 Å². The van der Waals surface area contributed by atoms with Crippen molar-refractivity contribution in [2.75, 3.05) is 13.1 Å². The molecule has 1 saturated heterocycles. The zero-order valence-electron chi connectivity index (χ0n) is 15.7. The number of likely N-dealkylation sites (tertiary alicyclic amines) is 1. The Bertz CT molecular complexity index is 948. The van der Waals surface area contributed by atoms with Crippen molar-refractivity contribution in [1.82, 2.24) is 15.2 Å². The van der Waals surface area contributed by atoms with Crippen LogP contribution >= 0.6 is 11.3 Å². The lowest BCUT2D eigenvalue weighted by atomic mass is 10.0. The predicted octanol–water partition coefficient (Wildman–Crippen LogP) is 3.35. The van der Waals surface area contributed by atoms with Crippen molar-refractivity contribution in [3.05, 3.63) is 70.6 Å². The van der Waals surface area contributed by atoms with Crippen molar-refractivity contribution < 1.29 is 18.7 Å². The summed E-state index contributed by atoms with van der Waals surface area (Å²) >= 11 is 1.52. The molecule has 150 valence electrons. The minimum Gasteiger partial charge on any atom is -0.487 e. The summed E-state index contributed by atoms with van der Waals surface area (Å²) in [5, 5.41) is 4.99. The van der Waals surface area contributed by atoms with Gasteiger partial charge in [-0.1, -0.05) is 6.07 Å². The maximum atomic E-state index is 12.6. The monoisotopic (exact) mass is 411 g/mol. The quantitative estimate of drug-likeness (QED) is 0.672. The Morgan fingerprint density at radius 2 is 2.10 bits per heavy atom. The maximum absolute atomic E-state index is 12.6.